The summed E-state index contributed by atoms with van der Waals surface area (Å²) in [6, 6.07) is 8.99. The average molecular weight is 347 g/mol. The summed E-state index contributed by atoms with van der Waals surface area (Å²) in [7, 11) is 1.89. The van der Waals surface area contributed by atoms with E-state index in [1.807, 2.05) is 42.8 Å². The van der Waals surface area contributed by atoms with Crippen LogP contribution < -0.4 is 0 Å². The first-order valence-corrected chi connectivity index (χ1v) is 7.45. The number of aromatic hydroxyl groups is 1. The molecule has 0 unspecified atom stereocenters. The molecule has 0 aliphatic heterocycles. The summed E-state index contributed by atoms with van der Waals surface area (Å²) in [5, 5.41) is 11.1. The number of carbonyl (C=O) groups excluding carboxylic acids is 1. The van der Waals surface area contributed by atoms with Crippen molar-refractivity contribution in [2.24, 2.45) is 7.05 Å². The summed E-state index contributed by atoms with van der Waals surface area (Å²) in [5.74, 6) is -0.284. The van der Waals surface area contributed by atoms with Gasteiger partial charge in [-0.3, -0.25) is 4.98 Å². The van der Waals surface area contributed by atoms with Crippen molar-refractivity contribution in [1.29, 1.82) is 0 Å². The van der Waals surface area contributed by atoms with Gasteiger partial charge in [-0.1, -0.05) is 6.07 Å². The molecule has 0 spiro atoms. The second-order valence-corrected chi connectivity index (χ2v) is 5.34. The van der Waals surface area contributed by atoms with Gasteiger partial charge in [-0.15, -0.1) is 12.4 Å². The average Bonchev–Trinajstić information content (AvgIpc) is 2.78. The normalized spacial score (nSPS) is 10.5. The van der Waals surface area contributed by atoms with Crippen molar-refractivity contribution in [3.05, 3.63) is 47.8 Å². The summed E-state index contributed by atoms with van der Waals surface area (Å²) in [6.07, 6.45) is 1.68. The molecule has 0 saturated heterocycles. The number of esters is 1. The van der Waals surface area contributed by atoms with Crippen LogP contribution in [0.4, 0.5) is 0 Å². The van der Waals surface area contributed by atoms with Crippen LogP contribution in [0.15, 0.2) is 36.5 Å². The minimum atomic E-state index is -0.374. The molecular formula is C18H19ClN2O3. The first-order chi connectivity index (χ1) is 11.0. The minimum absolute atomic E-state index is 0. The largest absolute Gasteiger partial charge is 0.507 e. The Morgan fingerprint density at radius 3 is 2.71 bits per heavy atom. The van der Waals surface area contributed by atoms with E-state index < -0.39 is 0 Å². The lowest BCUT2D eigenvalue weighted by Crippen LogP contribution is -2.06. The molecule has 1 N–H and O–H groups in total. The molecule has 0 fully saturated rings. The van der Waals surface area contributed by atoms with Gasteiger partial charge in [0.05, 0.1) is 17.9 Å². The number of benzene rings is 1. The van der Waals surface area contributed by atoms with Crippen LogP contribution in [0, 0.1) is 6.92 Å². The minimum Gasteiger partial charge on any atom is -0.507 e. The van der Waals surface area contributed by atoms with Crippen molar-refractivity contribution in [3.63, 3.8) is 0 Å². The number of halogens is 1. The number of aryl methyl sites for hydroxylation is 1. The zero-order chi connectivity index (χ0) is 16.6. The fourth-order valence-corrected chi connectivity index (χ4v) is 2.79. The van der Waals surface area contributed by atoms with Crippen LogP contribution in [-0.2, 0) is 11.8 Å². The lowest BCUT2D eigenvalue weighted by atomic mass is 10.0. The summed E-state index contributed by atoms with van der Waals surface area (Å²) in [6.45, 7) is 3.95. The van der Waals surface area contributed by atoms with E-state index in [0.717, 1.165) is 11.2 Å². The SMILES string of the molecule is CCOC(=O)c1c(C)n(C)c2cc(-c3ccccn3)c(O)cc12.Cl. The number of phenolic OH excluding ortho intramolecular Hbond substituents is 1. The molecule has 1 aromatic carbocycles. The monoisotopic (exact) mass is 346 g/mol. The van der Waals surface area contributed by atoms with Gasteiger partial charge >= 0.3 is 5.97 Å². The van der Waals surface area contributed by atoms with E-state index in [4.69, 9.17) is 4.74 Å². The Labute approximate surface area is 146 Å². The molecule has 0 amide bonds. The summed E-state index contributed by atoms with van der Waals surface area (Å²) >= 11 is 0. The van der Waals surface area contributed by atoms with Crippen molar-refractivity contribution in [2.45, 2.75) is 13.8 Å². The molecule has 24 heavy (non-hydrogen) atoms. The summed E-state index contributed by atoms with van der Waals surface area (Å²) in [4.78, 5) is 16.5. The second kappa shape index (κ2) is 6.93. The van der Waals surface area contributed by atoms with Gasteiger partial charge in [-0.25, -0.2) is 4.79 Å². The number of phenols is 1. The third kappa shape index (κ3) is 2.83. The van der Waals surface area contributed by atoms with Crippen LogP contribution in [0.25, 0.3) is 22.2 Å². The lowest BCUT2D eigenvalue weighted by Gasteiger charge is -2.06. The number of hydrogen-bond acceptors (Lipinski definition) is 4. The first-order valence-electron chi connectivity index (χ1n) is 7.45. The smallest absolute Gasteiger partial charge is 0.340 e. The molecule has 2 heterocycles. The number of aromatic nitrogens is 2. The number of pyridine rings is 1. The van der Waals surface area contributed by atoms with Crippen LogP contribution in [0.3, 0.4) is 0 Å². The predicted molar refractivity (Wildman–Crippen MR) is 95.8 cm³/mol. The molecule has 0 aliphatic carbocycles. The number of carbonyl (C=O) groups is 1. The van der Waals surface area contributed by atoms with Crippen LogP contribution in [-0.4, -0.2) is 27.2 Å². The Hall–Kier alpha value is -2.53. The van der Waals surface area contributed by atoms with E-state index in [9.17, 15) is 9.90 Å². The third-order valence-corrected chi connectivity index (χ3v) is 4.03. The molecule has 0 radical (unpaired) electrons. The van der Waals surface area contributed by atoms with Crippen molar-refractivity contribution >= 4 is 29.3 Å². The van der Waals surface area contributed by atoms with Gasteiger partial charge < -0.3 is 14.4 Å². The van der Waals surface area contributed by atoms with Crippen molar-refractivity contribution in [1.82, 2.24) is 9.55 Å². The highest BCUT2D eigenvalue weighted by molar-refractivity contribution is 6.07. The molecule has 3 aromatic rings. The number of nitrogens with zero attached hydrogens (tertiary/aromatic N) is 2. The van der Waals surface area contributed by atoms with Gasteiger partial charge in [0.25, 0.3) is 0 Å². The Bertz CT molecular complexity index is 888. The van der Waals surface area contributed by atoms with E-state index >= 15 is 0 Å². The van der Waals surface area contributed by atoms with E-state index in [1.54, 1.807) is 19.2 Å². The molecular weight excluding hydrogens is 328 g/mol. The zero-order valence-corrected chi connectivity index (χ0v) is 14.6. The molecule has 0 bridgehead atoms. The Morgan fingerprint density at radius 2 is 2.08 bits per heavy atom. The maximum atomic E-state index is 12.2. The highest BCUT2D eigenvalue weighted by Crippen LogP contribution is 2.35. The van der Waals surface area contributed by atoms with Gasteiger partial charge in [0.1, 0.15) is 5.75 Å². The molecule has 5 nitrogen and oxygen atoms in total. The Morgan fingerprint density at radius 1 is 1.33 bits per heavy atom. The highest BCUT2D eigenvalue weighted by Gasteiger charge is 2.21. The van der Waals surface area contributed by atoms with Crippen LogP contribution in [0.5, 0.6) is 5.75 Å². The summed E-state index contributed by atoms with van der Waals surface area (Å²) < 4.78 is 7.06. The molecule has 2 aromatic heterocycles. The quantitative estimate of drug-likeness (QED) is 0.731. The molecule has 126 valence electrons. The molecule has 0 atom stereocenters. The van der Waals surface area contributed by atoms with E-state index in [-0.39, 0.29) is 24.1 Å². The van der Waals surface area contributed by atoms with Crippen LogP contribution in [0.1, 0.15) is 23.0 Å². The van der Waals surface area contributed by atoms with Crippen molar-refractivity contribution in [3.8, 4) is 17.0 Å². The van der Waals surface area contributed by atoms with Crippen LogP contribution >= 0.6 is 12.4 Å². The number of fused-ring (bicyclic) bond motifs is 1. The van der Waals surface area contributed by atoms with Gasteiger partial charge in [-0.2, -0.15) is 0 Å². The fraction of sp³-hybridized carbons (Fsp3) is 0.222. The Kier molecular flexibility index (Phi) is 5.14. The van der Waals surface area contributed by atoms with E-state index in [1.165, 1.54) is 0 Å². The van der Waals surface area contributed by atoms with Crippen LogP contribution in [0.2, 0.25) is 0 Å². The Balaban J connectivity index is 0.00000208. The second-order valence-electron chi connectivity index (χ2n) is 5.34. The van der Waals surface area contributed by atoms with Gasteiger partial charge in [0, 0.05) is 35.4 Å². The number of hydrogen-bond donors (Lipinski definition) is 1. The first kappa shape index (κ1) is 17.8. The predicted octanol–water partition coefficient (Wildman–Crippen LogP) is 3.85. The molecule has 6 heteroatoms. The molecule has 0 aliphatic rings. The van der Waals surface area contributed by atoms with E-state index in [0.29, 0.717) is 28.8 Å². The molecule has 3 rings (SSSR count). The summed E-state index contributed by atoms with van der Waals surface area (Å²) in [5.41, 5.74) is 3.46. The van der Waals surface area contributed by atoms with Gasteiger partial charge in [-0.05, 0) is 38.1 Å². The van der Waals surface area contributed by atoms with Crippen molar-refractivity contribution < 1.29 is 14.6 Å². The molecule has 0 saturated carbocycles. The van der Waals surface area contributed by atoms with Crippen molar-refractivity contribution in [2.75, 3.05) is 6.61 Å². The lowest BCUT2D eigenvalue weighted by molar-refractivity contribution is 0.0527. The van der Waals surface area contributed by atoms with Gasteiger partial charge in [0.2, 0.25) is 0 Å². The topological polar surface area (TPSA) is 64.4 Å². The van der Waals surface area contributed by atoms with E-state index in [2.05, 4.69) is 4.98 Å². The van der Waals surface area contributed by atoms with Gasteiger partial charge in [0.15, 0.2) is 0 Å². The number of rotatable bonds is 3. The fourth-order valence-electron chi connectivity index (χ4n) is 2.79. The maximum absolute atomic E-state index is 12.2. The highest BCUT2D eigenvalue weighted by atomic mass is 35.5. The maximum Gasteiger partial charge on any atom is 0.340 e. The number of ether oxygens (including phenoxy) is 1. The zero-order valence-electron chi connectivity index (χ0n) is 13.7. The third-order valence-electron chi connectivity index (χ3n) is 4.03. The standard InChI is InChI=1S/C18H18N2O3.ClH/c1-4-23-18(22)17-11(2)20(3)15-9-12(16(21)10-13(15)17)14-7-5-6-8-19-14;/h5-10,21H,4H2,1-3H3;1H.